The maximum absolute atomic E-state index is 9.89. The first-order valence-corrected chi connectivity index (χ1v) is 15.3. The number of hydrogen-bond acceptors (Lipinski definition) is 0. The van der Waals surface area contributed by atoms with E-state index >= 15 is 0 Å². The lowest BCUT2D eigenvalue weighted by molar-refractivity contribution is 1.11. The lowest BCUT2D eigenvalue weighted by atomic mass is 10.1. The number of fused-ring (bicyclic) bond motifs is 9. The minimum Gasteiger partial charge on any atom is -0.307 e. The van der Waals surface area contributed by atoms with Gasteiger partial charge in [0.25, 0.3) is 0 Å². The normalized spacial score (nSPS) is 19.3. The Morgan fingerprint density at radius 1 is 0.294 bits per heavy atom. The van der Waals surface area contributed by atoms with Crippen LogP contribution >= 0.6 is 0 Å². The van der Waals surface area contributed by atoms with Crippen LogP contribution in [0.5, 0.6) is 0 Å². The molecule has 51 heavy (non-hydrogen) atoms. The molecule has 0 fully saturated rings. The fourth-order valence-electron chi connectivity index (χ4n) is 6.73. The zero-order valence-electron chi connectivity index (χ0n) is 52.7. The first-order valence-electron chi connectivity index (χ1n) is 28.8. The van der Waals surface area contributed by atoms with Crippen molar-refractivity contribution in [2.75, 3.05) is 0 Å². The van der Waals surface area contributed by atoms with Gasteiger partial charge in [-0.05, 0) is 59.5 Å². The molecular formula is C48H31N3. The molecule has 0 aliphatic heterocycles. The van der Waals surface area contributed by atoms with Crippen molar-refractivity contribution >= 4 is 65.4 Å². The van der Waals surface area contributed by atoms with Gasteiger partial charge in [0.2, 0.25) is 0 Å². The monoisotopic (exact) mass is 676 g/mol. The SMILES string of the molecule is [2H]c1c([2H])c([2H])c(-c2ccc(-n3c4c([2H])c([2H])c([2H])c([2H])c4c4c([2H])c([2H])c([2H])c(-n5c6c([2H])c([2H])c([2H])c([2H])c6c6c([2H])c([2H])c([2H])c(-n7c8c([2H])c([2H])c([2H])c([2H])c8c8c([2H])c([2H])c([2H])c([2H])c87)c65)c43)cc2)c([2H])c1[2H]. The summed E-state index contributed by atoms with van der Waals surface area (Å²) in [5.74, 6) is 0. The van der Waals surface area contributed by atoms with Gasteiger partial charge in [-0.15, -0.1) is 0 Å². The Kier molecular flexibility index (Phi) is 2.65. The van der Waals surface area contributed by atoms with E-state index in [1.807, 2.05) is 0 Å². The third-order valence-corrected chi connectivity index (χ3v) is 8.78. The van der Waals surface area contributed by atoms with Gasteiger partial charge in [-0.2, -0.15) is 0 Å². The Morgan fingerprint density at radius 2 is 0.686 bits per heavy atom. The lowest BCUT2D eigenvalue weighted by Crippen LogP contribution is -2.03. The largest absolute Gasteiger partial charge is 0.307 e. The first-order chi connectivity index (χ1) is 36.6. The minimum atomic E-state index is -0.986. The Labute approximate surface area is 332 Å². The van der Waals surface area contributed by atoms with Crippen LogP contribution in [0.25, 0.3) is 93.6 Å². The maximum Gasteiger partial charge on any atom is 0.0783 e. The molecule has 0 radical (unpaired) electrons. The van der Waals surface area contributed by atoms with E-state index < -0.39 is 234 Å². The highest BCUT2D eigenvalue weighted by atomic mass is 15.1. The summed E-state index contributed by atoms with van der Waals surface area (Å²) >= 11 is 0. The second-order valence-corrected chi connectivity index (χ2v) is 11.3. The number of rotatable bonds is 4. The third-order valence-electron chi connectivity index (χ3n) is 8.78. The Morgan fingerprint density at radius 3 is 1.24 bits per heavy atom. The van der Waals surface area contributed by atoms with Crippen LogP contribution in [0.3, 0.4) is 0 Å². The van der Waals surface area contributed by atoms with Crippen LogP contribution in [0.2, 0.25) is 0 Å². The van der Waals surface area contributed by atoms with Crippen LogP contribution in [-0.4, -0.2) is 13.7 Å². The van der Waals surface area contributed by atoms with Gasteiger partial charge >= 0.3 is 0 Å². The molecule has 3 nitrogen and oxygen atoms in total. The summed E-state index contributed by atoms with van der Waals surface area (Å²) in [7, 11) is 0. The lowest BCUT2D eigenvalue weighted by Gasteiger charge is -2.17. The molecule has 238 valence electrons. The van der Waals surface area contributed by atoms with E-state index in [1.165, 1.54) is 24.3 Å². The van der Waals surface area contributed by atoms with Crippen molar-refractivity contribution in [2.24, 2.45) is 0 Å². The maximum atomic E-state index is 9.89. The average Bonchev–Trinajstić information content (AvgIpc) is 4.30. The molecule has 3 heterocycles. The van der Waals surface area contributed by atoms with Gasteiger partial charge in [-0.25, -0.2) is 0 Å². The predicted molar refractivity (Wildman–Crippen MR) is 215 cm³/mol. The van der Waals surface area contributed by atoms with E-state index in [1.54, 1.807) is 0 Å². The molecule has 0 spiro atoms. The van der Waals surface area contributed by atoms with Gasteiger partial charge in [-0.3, -0.25) is 0 Å². The molecule has 11 rings (SSSR count). The molecule has 11 aromatic rings. The topological polar surface area (TPSA) is 14.8 Å². The summed E-state index contributed by atoms with van der Waals surface area (Å²) in [5.41, 5.74) is -4.92. The van der Waals surface area contributed by atoms with Crippen LogP contribution < -0.4 is 0 Å². The van der Waals surface area contributed by atoms with Crippen LogP contribution in [0.1, 0.15) is 37.0 Å². The molecule has 0 aliphatic rings. The highest BCUT2D eigenvalue weighted by molar-refractivity contribution is 6.17. The Hall–Kier alpha value is -6.84. The van der Waals surface area contributed by atoms with E-state index in [-0.39, 0.29) is 22.3 Å². The van der Waals surface area contributed by atoms with Crippen molar-refractivity contribution in [2.45, 2.75) is 0 Å². The molecule has 0 atom stereocenters. The van der Waals surface area contributed by atoms with Crippen molar-refractivity contribution in [3.8, 4) is 28.2 Å². The second kappa shape index (κ2) is 10.8. The Balaban J connectivity index is 1.47. The molecule has 3 aromatic heterocycles. The summed E-state index contributed by atoms with van der Waals surface area (Å²) in [6.45, 7) is 0. The smallest absolute Gasteiger partial charge is 0.0783 e. The highest BCUT2D eigenvalue weighted by Crippen LogP contribution is 2.43. The molecule has 0 amide bonds. The van der Waals surface area contributed by atoms with Gasteiger partial charge in [-0.1, -0.05) is 139 Å². The molecule has 0 N–H and O–H groups in total. The van der Waals surface area contributed by atoms with Crippen molar-refractivity contribution in [3.63, 3.8) is 0 Å². The molecule has 0 saturated carbocycles. The summed E-state index contributed by atoms with van der Waals surface area (Å²) in [6, 6.07) is -16.8. The zero-order chi connectivity index (χ0) is 57.0. The number of aromatic nitrogens is 3. The van der Waals surface area contributed by atoms with Crippen LogP contribution in [0.15, 0.2) is 187 Å². The van der Waals surface area contributed by atoms with Crippen LogP contribution in [0.4, 0.5) is 0 Å². The quantitative estimate of drug-likeness (QED) is 0.176. The molecule has 0 bridgehead atoms. The fourth-order valence-corrected chi connectivity index (χ4v) is 6.73. The van der Waals surface area contributed by atoms with Gasteiger partial charge in [0.05, 0.1) is 81.5 Å². The van der Waals surface area contributed by atoms with Gasteiger partial charge < -0.3 is 13.7 Å². The number of nitrogens with zero attached hydrogens (tertiary/aromatic N) is 3. The van der Waals surface area contributed by atoms with E-state index in [0.29, 0.717) is 0 Å². The van der Waals surface area contributed by atoms with Crippen molar-refractivity contribution in [3.05, 3.63) is 187 Å². The summed E-state index contributed by atoms with van der Waals surface area (Å²) in [6.07, 6.45) is 0. The van der Waals surface area contributed by atoms with Crippen LogP contribution in [-0.2, 0) is 0 Å². The number of benzene rings is 8. The third kappa shape index (κ3) is 4.00. The van der Waals surface area contributed by atoms with E-state index in [2.05, 4.69) is 0 Å². The highest BCUT2D eigenvalue weighted by Gasteiger charge is 2.23. The molecule has 8 aromatic carbocycles. The summed E-state index contributed by atoms with van der Waals surface area (Å²) in [4.78, 5) is 0. The van der Waals surface area contributed by atoms with Crippen molar-refractivity contribution < 1.29 is 37.0 Å². The minimum absolute atomic E-state index is 0.0664. The number of hydrogen-bond donors (Lipinski definition) is 0. The summed E-state index contributed by atoms with van der Waals surface area (Å²) < 4.78 is 247. The molecule has 0 aliphatic carbocycles. The van der Waals surface area contributed by atoms with Crippen LogP contribution in [0, 0.1) is 0 Å². The van der Waals surface area contributed by atoms with Crippen molar-refractivity contribution in [1.82, 2.24) is 13.7 Å². The fraction of sp³-hybridized carbons (Fsp3) is 0. The summed E-state index contributed by atoms with van der Waals surface area (Å²) in [5, 5.41) is -2.96. The van der Waals surface area contributed by atoms with Gasteiger partial charge in [0, 0.05) is 38.0 Å². The van der Waals surface area contributed by atoms with E-state index in [4.69, 9.17) is 20.6 Å². The van der Waals surface area contributed by atoms with Crippen molar-refractivity contribution in [1.29, 1.82) is 0 Å². The molecule has 0 saturated heterocycles. The average molecular weight is 677 g/mol. The predicted octanol–water partition coefficient (Wildman–Crippen LogP) is 12.6. The molecule has 3 heteroatoms. The number of para-hydroxylation sites is 6. The first kappa shape index (κ1) is 12.5. The van der Waals surface area contributed by atoms with Gasteiger partial charge in [0.15, 0.2) is 0 Å². The molecular weight excluding hydrogens is 619 g/mol. The van der Waals surface area contributed by atoms with Gasteiger partial charge in [0.1, 0.15) is 0 Å². The van der Waals surface area contributed by atoms with E-state index in [9.17, 15) is 16.4 Å². The second-order valence-electron chi connectivity index (χ2n) is 11.3. The Bertz CT molecular complexity index is 4580. The zero-order valence-corrected chi connectivity index (χ0v) is 25.7. The van der Waals surface area contributed by atoms with E-state index in [0.717, 1.165) is 13.7 Å². The standard InChI is InChI=1S/C48H31N3/c1-2-14-32(15-3-1)33-28-30-34(31-29-33)49-41-22-8-6-18-37(41)39-20-13-27-46(47(39)49)51-44-25-11-7-19-38(44)40-21-12-26-45(48(40)51)50-42-23-9-4-16-35(42)36-17-5-10-24-43(36)50/h1-31H/i1D,2D,3D,4D,5D,6D,7D,8D,9D,10D,11D,12D,13D,14D,15D,16D,17D,18D,19D,20D,21D,22D,23D,24D,25D,26D,27D. The molecule has 0 unspecified atom stereocenters.